The molecule has 1 rings (SSSR count). The van der Waals surface area contributed by atoms with Crippen LogP contribution in [0.4, 0.5) is 0 Å². The minimum absolute atomic E-state index is 0.661. The molecule has 3 nitrogen and oxygen atoms in total. The number of ether oxygens (including phenoxy) is 2. The van der Waals surface area contributed by atoms with Gasteiger partial charge in [-0.1, -0.05) is 11.6 Å². The average molecular weight is 258 g/mol. The molecule has 0 fully saturated rings. The van der Waals surface area contributed by atoms with E-state index in [1.54, 1.807) is 7.11 Å². The van der Waals surface area contributed by atoms with Gasteiger partial charge >= 0.3 is 0 Å². The number of methoxy groups -OCH3 is 1. The van der Waals surface area contributed by atoms with Crippen LogP contribution in [0.5, 0.6) is 5.75 Å². The standard InChI is InChI=1S/C13H20ClNO2/c1-11-10-12(4-5-13(11)14)17-9-7-15-6-3-8-16-2/h4-5,10,15H,3,6-9H2,1-2H3. The Labute approximate surface area is 108 Å². The van der Waals surface area contributed by atoms with Crippen LogP contribution in [0, 0.1) is 6.92 Å². The predicted octanol–water partition coefficient (Wildman–Crippen LogP) is 2.65. The van der Waals surface area contributed by atoms with E-state index >= 15 is 0 Å². The Balaban J connectivity index is 2.11. The molecule has 0 heterocycles. The summed E-state index contributed by atoms with van der Waals surface area (Å²) in [4.78, 5) is 0. The van der Waals surface area contributed by atoms with Crippen LogP contribution in [0.2, 0.25) is 5.02 Å². The van der Waals surface area contributed by atoms with Gasteiger partial charge in [-0.15, -0.1) is 0 Å². The van der Waals surface area contributed by atoms with Crippen molar-refractivity contribution in [2.45, 2.75) is 13.3 Å². The fourth-order valence-electron chi connectivity index (χ4n) is 1.41. The fraction of sp³-hybridized carbons (Fsp3) is 0.538. The van der Waals surface area contributed by atoms with Crippen LogP contribution in [0.25, 0.3) is 0 Å². The second kappa shape index (κ2) is 8.34. The molecule has 0 saturated carbocycles. The maximum absolute atomic E-state index is 5.93. The molecule has 4 heteroatoms. The zero-order chi connectivity index (χ0) is 12.5. The number of aryl methyl sites for hydroxylation is 1. The van der Waals surface area contributed by atoms with Crippen molar-refractivity contribution in [1.82, 2.24) is 5.32 Å². The van der Waals surface area contributed by atoms with Gasteiger partial charge in [0.05, 0.1) is 0 Å². The van der Waals surface area contributed by atoms with Crippen LogP contribution in [0.1, 0.15) is 12.0 Å². The minimum Gasteiger partial charge on any atom is -0.492 e. The van der Waals surface area contributed by atoms with E-state index in [0.29, 0.717) is 6.61 Å². The molecule has 1 aromatic rings. The van der Waals surface area contributed by atoms with Crippen molar-refractivity contribution in [3.63, 3.8) is 0 Å². The lowest BCUT2D eigenvalue weighted by atomic mass is 10.2. The molecule has 96 valence electrons. The van der Waals surface area contributed by atoms with Crippen LogP contribution in [0.3, 0.4) is 0 Å². The SMILES string of the molecule is COCCCNCCOc1ccc(Cl)c(C)c1. The lowest BCUT2D eigenvalue weighted by Gasteiger charge is -2.08. The first-order valence-corrected chi connectivity index (χ1v) is 6.20. The summed E-state index contributed by atoms with van der Waals surface area (Å²) in [5.74, 6) is 0.866. The fourth-order valence-corrected chi connectivity index (χ4v) is 1.53. The second-order valence-corrected chi connectivity index (χ2v) is 4.26. The summed E-state index contributed by atoms with van der Waals surface area (Å²) in [6.45, 7) is 5.22. The molecule has 0 aromatic heterocycles. The molecule has 0 bridgehead atoms. The molecular weight excluding hydrogens is 238 g/mol. The number of hydrogen-bond acceptors (Lipinski definition) is 3. The van der Waals surface area contributed by atoms with Crippen LogP contribution < -0.4 is 10.1 Å². The summed E-state index contributed by atoms with van der Waals surface area (Å²) < 4.78 is 10.6. The van der Waals surface area contributed by atoms with E-state index in [-0.39, 0.29) is 0 Å². The van der Waals surface area contributed by atoms with Crippen molar-refractivity contribution < 1.29 is 9.47 Å². The molecule has 0 spiro atoms. The van der Waals surface area contributed by atoms with Gasteiger partial charge in [-0.3, -0.25) is 0 Å². The number of halogens is 1. The van der Waals surface area contributed by atoms with E-state index in [0.717, 1.165) is 42.5 Å². The number of rotatable bonds is 8. The molecule has 1 aromatic carbocycles. The predicted molar refractivity (Wildman–Crippen MR) is 71.0 cm³/mol. The molecule has 1 N–H and O–H groups in total. The van der Waals surface area contributed by atoms with Gasteiger partial charge in [0.1, 0.15) is 12.4 Å². The molecule has 0 amide bonds. The van der Waals surface area contributed by atoms with E-state index in [1.165, 1.54) is 0 Å². The van der Waals surface area contributed by atoms with Gasteiger partial charge < -0.3 is 14.8 Å². The maximum Gasteiger partial charge on any atom is 0.119 e. The highest BCUT2D eigenvalue weighted by molar-refractivity contribution is 6.31. The molecule has 0 aliphatic carbocycles. The molecule has 17 heavy (non-hydrogen) atoms. The van der Waals surface area contributed by atoms with Gasteiger partial charge in [0.25, 0.3) is 0 Å². The quantitative estimate of drug-likeness (QED) is 0.727. The highest BCUT2D eigenvalue weighted by Gasteiger charge is 1.98. The Morgan fingerprint density at radius 1 is 1.24 bits per heavy atom. The van der Waals surface area contributed by atoms with Gasteiger partial charge in [0.15, 0.2) is 0 Å². The van der Waals surface area contributed by atoms with Crippen molar-refractivity contribution in [3.8, 4) is 5.75 Å². The minimum atomic E-state index is 0.661. The third-order valence-electron chi connectivity index (χ3n) is 2.38. The van der Waals surface area contributed by atoms with Crippen LogP contribution >= 0.6 is 11.6 Å². The van der Waals surface area contributed by atoms with E-state index in [1.807, 2.05) is 25.1 Å². The lowest BCUT2D eigenvalue weighted by Crippen LogP contribution is -2.22. The highest BCUT2D eigenvalue weighted by atomic mass is 35.5. The Bertz CT molecular complexity index is 331. The highest BCUT2D eigenvalue weighted by Crippen LogP contribution is 2.20. The van der Waals surface area contributed by atoms with E-state index in [9.17, 15) is 0 Å². The lowest BCUT2D eigenvalue weighted by molar-refractivity contribution is 0.193. The zero-order valence-electron chi connectivity index (χ0n) is 10.5. The monoisotopic (exact) mass is 257 g/mol. The Morgan fingerprint density at radius 3 is 2.76 bits per heavy atom. The first-order chi connectivity index (χ1) is 8.24. The largest absolute Gasteiger partial charge is 0.492 e. The Morgan fingerprint density at radius 2 is 2.06 bits per heavy atom. The first-order valence-electron chi connectivity index (χ1n) is 5.82. The van der Waals surface area contributed by atoms with Crippen LogP contribution in [-0.2, 0) is 4.74 Å². The Kier molecular flexibility index (Phi) is 7.01. The third kappa shape index (κ3) is 5.91. The molecule has 0 atom stereocenters. The Hall–Kier alpha value is -0.770. The average Bonchev–Trinajstić information content (AvgIpc) is 2.32. The molecular formula is C13H20ClNO2. The van der Waals surface area contributed by atoms with Gasteiger partial charge in [0.2, 0.25) is 0 Å². The van der Waals surface area contributed by atoms with Crippen LogP contribution in [-0.4, -0.2) is 33.4 Å². The number of nitrogens with one attached hydrogen (secondary N) is 1. The summed E-state index contributed by atoms with van der Waals surface area (Å²) in [5.41, 5.74) is 1.04. The summed E-state index contributed by atoms with van der Waals surface area (Å²) in [6.07, 6.45) is 1.02. The van der Waals surface area contributed by atoms with Crippen molar-refractivity contribution in [1.29, 1.82) is 0 Å². The van der Waals surface area contributed by atoms with Crippen molar-refractivity contribution in [2.24, 2.45) is 0 Å². The van der Waals surface area contributed by atoms with Gasteiger partial charge in [-0.05, 0) is 43.7 Å². The number of benzene rings is 1. The molecule has 0 radical (unpaired) electrons. The molecule has 0 saturated heterocycles. The first kappa shape index (κ1) is 14.3. The molecule has 0 aliphatic rings. The topological polar surface area (TPSA) is 30.5 Å². The van der Waals surface area contributed by atoms with Crippen molar-refractivity contribution in [2.75, 3.05) is 33.4 Å². The summed E-state index contributed by atoms with van der Waals surface area (Å²) in [5, 5.41) is 4.06. The van der Waals surface area contributed by atoms with Gasteiger partial charge in [0, 0.05) is 25.3 Å². The third-order valence-corrected chi connectivity index (χ3v) is 2.80. The zero-order valence-corrected chi connectivity index (χ0v) is 11.2. The van der Waals surface area contributed by atoms with E-state index in [4.69, 9.17) is 21.1 Å². The number of hydrogen-bond donors (Lipinski definition) is 1. The molecule has 0 aliphatic heterocycles. The van der Waals surface area contributed by atoms with Gasteiger partial charge in [-0.2, -0.15) is 0 Å². The smallest absolute Gasteiger partial charge is 0.119 e. The molecule has 0 unspecified atom stereocenters. The van der Waals surface area contributed by atoms with Crippen molar-refractivity contribution in [3.05, 3.63) is 28.8 Å². The summed E-state index contributed by atoms with van der Waals surface area (Å²) in [7, 11) is 1.71. The summed E-state index contributed by atoms with van der Waals surface area (Å²) >= 11 is 5.93. The van der Waals surface area contributed by atoms with Gasteiger partial charge in [-0.25, -0.2) is 0 Å². The summed E-state index contributed by atoms with van der Waals surface area (Å²) in [6, 6.07) is 5.70. The maximum atomic E-state index is 5.93. The normalized spacial score (nSPS) is 10.5. The van der Waals surface area contributed by atoms with E-state index in [2.05, 4.69) is 5.32 Å². The van der Waals surface area contributed by atoms with Crippen molar-refractivity contribution >= 4 is 11.6 Å². The van der Waals surface area contributed by atoms with E-state index < -0.39 is 0 Å². The van der Waals surface area contributed by atoms with Crippen LogP contribution in [0.15, 0.2) is 18.2 Å². The second-order valence-electron chi connectivity index (χ2n) is 3.86.